The summed E-state index contributed by atoms with van der Waals surface area (Å²) in [4.78, 5) is 24.8. The summed E-state index contributed by atoms with van der Waals surface area (Å²) in [6.45, 7) is 3.30. The van der Waals surface area contributed by atoms with E-state index in [9.17, 15) is 14.9 Å². The van der Waals surface area contributed by atoms with Crippen LogP contribution in [0.25, 0.3) is 0 Å². The molecule has 1 saturated carbocycles. The van der Waals surface area contributed by atoms with Crippen molar-refractivity contribution in [1.29, 1.82) is 0 Å². The number of carbonyl (C=O) groups excluding carboxylic acids is 1. The first kappa shape index (κ1) is 16.5. The summed E-state index contributed by atoms with van der Waals surface area (Å²) >= 11 is 0. The zero-order valence-electron chi connectivity index (χ0n) is 13.5. The lowest BCUT2D eigenvalue weighted by Crippen LogP contribution is -2.39. The third-order valence-corrected chi connectivity index (χ3v) is 4.58. The summed E-state index contributed by atoms with van der Waals surface area (Å²) in [5, 5.41) is 15.2. The van der Waals surface area contributed by atoms with Gasteiger partial charge in [0.25, 0.3) is 0 Å². The highest BCUT2D eigenvalue weighted by molar-refractivity contribution is 5.76. The number of likely N-dealkylation sites (N-methyl/N-ethyl adjacent to an activating group) is 1. The van der Waals surface area contributed by atoms with Crippen LogP contribution < -0.4 is 0 Å². The van der Waals surface area contributed by atoms with Crippen molar-refractivity contribution in [3.8, 4) is 0 Å². The molecule has 1 heterocycles. The van der Waals surface area contributed by atoms with Gasteiger partial charge in [0, 0.05) is 13.1 Å². The minimum Gasteiger partial charge on any atom is -0.341 e. The first-order valence-electron chi connectivity index (χ1n) is 7.86. The molecule has 0 aliphatic heterocycles. The number of amides is 1. The normalized spacial score (nSPS) is 16.3. The first-order chi connectivity index (χ1) is 10.4. The Balaban J connectivity index is 2.08. The van der Waals surface area contributed by atoms with E-state index in [1.165, 1.54) is 17.5 Å². The molecule has 22 heavy (non-hydrogen) atoms. The number of hydrogen-bond acceptors (Lipinski definition) is 4. The highest BCUT2D eigenvalue weighted by Gasteiger charge is 2.25. The third-order valence-electron chi connectivity index (χ3n) is 4.58. The molecule has 0 radical (unpaired) electrons. The lowest BCUT2D eigenvalue weighted by Gasteiger charge is -2.27. The van der Waals surface area contributed by atoms with Gasteiger partial charge < -0.3 is 4.90 Å². The predicted molar refractivity (Wildman–Crippen MR) is 82.6 cm³/mol. The van der Waals surface area contributed by atoms with Crippen molar-refractivity contribution in [2.45, 2.75) is 65.0 Å². The number of carbonyl (C=O) groups is 1. The fourth-order valence-electron chi connectivity index (χ4n) is 3.19. The fraction of sp³-hybridized carbons (Fsp3) is 0.733. The van der Waals surface area contributed by atoms with Crippen molar-refractivity contribution in [2.24, 2.45) is 0 Å². The van der Waals surface area contributed by atoms with Crippen LogP contribution in [0.4, 0.5) is 5.69 Å². The highest BCUT2D eigenvalue weighted by Crippen LogP contribution is 2.23. The van der Waals surface area contributed by atoms with E-state index in [1.54, 1.807) is 18.7 Å². The molecule has 0 unspecified atom stereocenters. The second-order valence-corrected chi connectivity index (χ2v) is 6.08. The molecule has 0 bridgehead atoms. The van der Waals surface area contributed by atoms with E-state index in [-0.39, 0.29) is 24.2 Å². The molecular formula is C15H24N4O3. The van der Waals surface area contributed by atoms with Gasteiger partial charge in [-0.05, 0) is 26.7 Å². The van der Waals surface area contributed by atoms with Crippen LogP contribution >= 0.6 is 0 Å². The Bertz CT molecular complexity index is 559. The number of rotatable bonds is 4. The minimum atomic E-state index is -0.437. The summed E-state index contributed by atoms with van der Waals surface area (Å²) < 4.78 is 1.45. The summed E-state index contributed by atoms with van der Waals surface area (Å²) in [7, 11) is 1.83. The van der Waals surface area contributed by atoms with Crippen LogP contribution in [0.2, 0.25) is 0 Å². The zero-order valence-corrected chi connectivity index (χ0v) is 13.5. The summed E-state index contributed by atoms with van der Waals surface area (Å²) in [6.07, 6.45) is 6.88. The van der Waals surface area contributed by atoms with E-state index in [2.05, 4.69) is 5.10 Å². The lowest BCUT2D eigenvalue weighted by atomic mass is 10.1. The maximum absolute atomic E-state index is 12.5. The van der Waals surface area contributed by atoms with E-state index in [1.807, 2.05) is 7.05 Å². The van der Waals surface area contributed by atoms with Crippen LogP contribution in [-0.4, -0.2) is 38.6 Å². The molecule has 1 amide bonds. The van der Waals surface area contributed by atoms with Crippen LogP contribution in [0.5, 0.6) is 0 Å². The van der Waals surface area contributed by atoms with Gasteiger partial charge >= 0.3 is 5.69 Å². The van der Waals surface area contributed by atoms with Gasteiger partial charge in [0.1, 0.15) is 17.9 Å². The van der Waals surface area contributed by atoms with E-state index < -0.39 is 4.92 Å². The molecule has 122 valence electrons. The first-order valence-corrected chi connectivity index (χ1v) is 7.86. The average molecular weight is 308 g/mol. The quantitative estimate of drug-likeness (QED) is 0.486. The molecular weight excluding hydrogens is 284 g/mol. The summed E-state index contributed by atoms with van der Waals surface area (Å²) in [6, 6.07) is 0.280. The van der Waals surface area contributed by atoms with Gasteiger partial charge in [0.05, 0.1) is 4.92 Å². The molecule has 2 rings (SSSR count). The molecule has 0 saturated heterocycles. The van der Waals surface area contributed by atoms with Gasteiger partial charge in [0.15, 0.2) is 0 Å². The molecule has 0 atom stereocenters. The maximum Gasteiger partial charge on any atom is 0.312 e. The Morgan fingerprint density at radius 1 is 1.32 bits per heavy atom. The molecule has 7 heteroatoms. The highest BCUT2D eigenvalue weighted by atomic mass is 16.6. The Labute approximate surface area is 130 Å². The van der Waals surface area contributed by atoms with Crippen molar-refractivity contribution < 1.29 is 9.72 Å². The van der Waals surface area contributed by atoms with Crippen LogP contribution in [0.3, 0.4) is 0 Å². The second-order valence-electron chi connectivity index (χ2n) is 6.08. The SMILES string of the molecule is Cc1nn(CC(=O)N(C)C2CCCCCC2)c(C)c1[N+](=O)[O-]. The monoisotopic (exact) mass is 308 g/mol. The number of nitro groups is 1. The summed E-state index contributed by atoms with van der Waals surface area (Å²) in [5.74, 6) is -0.0348. The van der Waals surface area contributed by atoms with Gasteiger partial charge in [-0.3, -0.25) is 19.6 Å². The standard InChI is InChI=1S/C15H24N4O3/c1-11-15(19(21)22)12(2)18(16-11)10-14(20)17(3)13-8-6-4-5-7-9-13/h13H,4-10H2,1-3H3. The molecule has 1 aromatic heterocycles. The Hall–Kier alpha value is -1.92. The van der Waals surface area contributed by atoms with Crippen molar-refractivity contribution in [3.63, 3.8) is 0 Å². The molecule has 1 aromatic rings. The Morgan fingerprint density at radius 2 is 1.91 bits per heavy atom. The van der Waals surface area contributed by atoms with Gasteiger partial charge in [-0.15, -0.1) is 0 Å². The van der Waals surface area contributed by atoms with Gasteiger partial charge in [-0.2, -0.15) is 5.10 Å². The number of nitrogens with zero attached hydrogens (tertiary/aromatic N) is 4. The number of aryl methyl sites for hydroxylation is 1. The van der Waals surface area contributed by atoms with E-state index in [0.29, 0.717) is 11.4 Å². The molecule has 1 aliphatic carbocycles. The number of aromatic nitrogens is 2. The molecule has 0 aromatic carbocycles. The Morgan fingerprint density at radius 3 is 2.41 bits per heavy atom. The molecule has 0 spiro atoms. The molecule has 1 fully saturated rings. The minimum absolute atomic E-state index is 0.00456. The molecule has 0 N–H and O–H groups in total. The van der Waals surface area contributed by atoms with Crippen molar-refractivity contribution in [3.05, 3.63) is 21.5 Å². The van der Waals surface area contributed by atoms with Crippen molar-refractivity contribution >= 4 is 11.6 Å². The number of hydrogen-bond donors (Lipinski definition) is 0. The van der Waals surface area contributed by atoms with Gasteiger partial charge in [-0.25, -0.2) is 0 Å². The average Bonchev–Trinajstić information content (AvgIpc) is 2.67. The van der Waals surface area contributed by atoms with Gasteiger partial charge in [-0.1, -0.05) is 25.7 Å². The summed E-state index contributed by atoms with van der Waals surface area (Å²) in [5.41, 5.74) is 0.794. The fourth-order valence-corrected chi connectivity index (χ4v) is 3.19. The van der Waals surface area contributed by atoms with Crippen LogP contribution in [0.15, 0.2) is 0 Å². The topological polar surface area (TPSA) is 81.3 Å². The molecule has 1 aliphatic rings. The Kier molecular flexibility index (Phi) is 5.15. The predicted octanol–water partition coefficient (Wildman–Crippen LogP) is 2.59. The zero-order chi connectivity index (χ0) is 16.3. The third kappa shape index (κ3) is 3.45. The van der Waals surface area contributed by atoms with Crippen LogP contribution in [0.1, 0.15) is 49.9 Å². The smallest absolute Gasteiger partial charge is 0.312 e. The van der Waals surface area contributed by atoms with E-state index in [0.717, 1.165) is 25.7 Å². The second kappa shape index (κ2) is 6.89. The molecule has 7 nitrogen and oxygen atoms in total. The lowest BCUT2D eigenvalue weighted by molar-refractivity contribution is -0.386. The maximum atomic E-state index is 12.5. The van der Waals surface area contributed by atoms with E-state index in [4.69, 9.17) is 0 Å². The largest absolute Gasteiger partial charge is 0.341 e. The van der Waals surface area contributed by atoms with E-state index >= 15 is 0 Å². The van der Waals surface area contributed by atoms with Gasteiger partial charge in [0.2, 0.25) is 5.91 Å². The van der Waals surface area contributed by atoms with Crippen LogP contribution in [-0.2, 0) is 11.3 Å². The van der Waals surface area contributed by atoms with Crippen molar-refractivity contribution in [1.82, 2.24) is 14.7 Å². The van der Waals surface area contributed by atoms with Crippen LogP contribution in [0, 0.1) is 24.0 Å². The van der Waals surface area contributed by atoms with Crippen molar-refractivity contribution in [2.75, 3.05) is 7.05 Å².